The number of anilines is 1. The van der Waals surface area contributed by atoms with Crippen LogP contribution in [0.5, 0.6) is 5.75 Å². The largest absolute Gasteiger partial charge is 0.491 e. The molecule has 2 rings (SSSR count). The first-order valence-corrected chi connectivity index (χ1v) is 8.82. The van der Waals surface area contributed by atoms with Crippen molar-refractivity contribution in [3.8, 4) is 5.75 Å². The molecule has 0 aromatic heterocycles. The van der Waals surface area contributed by atoms with Crippen molar-refractivity contribution >= 4 is 11.8 Å². The molecule has 140 valence electrons. The molecule has 0 aliphatic carbocycles. The Bertz CT molecular complexity index is 546. The molecular formula is C19H30N2O4. The third-order valence-electron chi connectivity index (χ3n) is 4.52. The van der Waals surface area contributed by atoms with Gasteiger partial charge in [0, 0.05) is 37.5 Å². The normalized spacial score (nSPS) is 15.9. The highest BCUT2D eigenvalue weighted by Gasteiger charge is 2.35. The smallest absolute Gasteiger partial charge is 0.407 e. The van der Waals surface area contributed by atoms with Gasteiger partial charge >= 0.3 is 6.09 Å². The lowest BCUT2D eigenvalue weighted by atomic mass is 9.96. The first-order chi connectivity index (χ1) is 11.8. The van der Waals surface area contributed by atoms with Crippen LogP contribution >= 0.6 is 0 Å². The maximum absolute atomic E-state index is 11.6. The zero-order valence-corrected chi connectivity index (χ0v) is 15.7. The van der Waals surface area contributed by atoms with Gasteiger partial charge in [-0.15, -0.1) is 0 Å². The molecule has 1 heterocycles. The van der Waals surface area contributed by atoms with E-state index in [9.17, 15) is 9.90 Å². The van der Waals surface area contributed by atoms with Crippen molar-refractivity contribution < 1.29 is 19.4 Å². The van der Waals surface area contributed by atoms with Gasteiger partial charge in [-0.05, 0) is 57.9 Å². The van der Waals surface area contributed by atoms with Crippen LogP contribution in [0.2, 0.25) is 0 Å². The number of carbonyl (C=O) groups is 1. The van der Waals surface area contributed by atoms with Crippen LogP contribution in [-0.2, 0) is 4.74 Å². The molecule has 0 spiro atoms. The molecule has 1 N–H and O–H groups in total. The molecular weight excluding hydrogens is 320 g/mol. The second-order valence-corrected chi connectivity index (χ2v) is 7.38. The fourth-order valence-corrected chi connectivity index (χ4v) is 3.37. The SMILES string of the molecule is COCCOc1ccc(N2CCC(N(C(=O)O)C(C)(C)C)CC2)cc1. The maximum atomic E-state index is 11.6. The van der Waals surface area contributed by atoms with E-state index in [0.717, 1.165) is 37.4 Å². The summed E-state index contributed by atoms with van der Waals surface area (Å²) < 4.78 is 10.6. The van der Waals surface area contributed by atoms with Gasteiger partial charge in [0.2, 0.25) is 0 Å². The Hall–Kier alpha value is -1.95. The number of hydrogen-bond donors (Lipinski definition) is 1. The lowest BCUT2D eigenvalue weighted by molar-refractivity contribution is 0.0616. The monoisotopic (exact) mass is 350 g/mol. The topological polar surface area (TPSA) is 62.2 Å². The summed E-state index contributed by atoms with van der Waals surface area (Å²) in [5.41, 5.74) is 0.773. The first-order valence-electron chi connectivity index (χ1n) is 8.82. The molecule has 1 aliphatic heterocycles. The molecule has 0 bridgehead atoms. The Balaban J connectivity index is 1.92. The van der Waals surface area contributed by atoms with Gasteiger partial charge in [-0.25, -0.2) is 4.79 Å². The summed E-state index contributed by atoms with van der Waals surface area (Å²) in [6.07, 6.45) is 0.856. The van der Waals surface area contributed by atoms with E-state index >= 15 is 0 Å². The number of carboxylic acid groups (broad SMARTS) is 1. The molecule has 1 aromatic carbocycles. The fraction of sp³-hybridized carbons (Fsp3) is 0.632. The standard InChI is InChI=1S/C19H30N2O4/c1-19(2,3)21(18(22)23)16-9-11-20(12-10-16)15-5-7-17(8-6-15)25-14-13-24-4/h5-8,16H,9-14H2,1-4H3,(H,22,23). The molecule has 1 amide bonds. The fourth-order valence-electron chi connectivity index (χ4n) is 3.37. The van der Waals surface area contributed by atoms with Gasteiger partial charge in [-0.3, -0.25) is 0 Å². The Morgan fingerprint density at radius 1 is 1.20 bits per heavy atom. The van der Waals surface area contributed by atoms with E-state index in [1.54, 1.807) is 12.0 Å². The van der Waals surface area contributed by atoms with Crippen molar-refractivity contribution in [3.63, 3.8) is 0 Å². The van der Waals surface area contributed by atoms with E-state index in [0.29, 0.717) is 13.2 Å². The molecule has 1 aromatic rings. The summed E-state index contributed by atoms with van der Waals surface area (Å²) in [6.45, 7) is 8.69. The molecule has 6 nitrogen and oxygen atoms in total. The van der Waals surface area contributed by atoms with Gasteiger partial charge in [-0.2, -0.15) is 0 Å². The Kier molecular flexibility index (Phi) is 6.53. The summed E-state index contributed by atoms with van der Waals surface area (Å²) in [5, 5.41) is 9.55. The Labute approximate surface area is 150 Å². The number of ether oxygens (including phenoxy) is 2. The Morgan fingerprint density at radius 3 is 2.28 bits per heavy atom. The summed E-state index contributed by atoms with van der Waals surface area (Å²) in [6, 6.07) is 8.12. The van der Waals surface area contributed by atoms with E-state index in [1.807, 2.05) is 32.9 Å². The van der Waals surface area contributed by atoms with E-state index < -0.39 is 6.09 Å². The van der Waals surface area contributed by atoms with Crippen LogP contribution in [0.25, 0.3) is 0 Å². The predicted molar refractivity (Wildman–Crippen MR) is 98.7 cm³/mol. The second-order valence-electron chi connectivity index (χ2n) is 7.38. The van der Waals surface area contributed by atoms with E-state index in [1.165, 1.54) is 0 Å². The van der Waals surface area contributed by atoms with Crippen molar-refractivity contribution in [1.29, 1.82) is 0 Å². The van der Waals surface area contributed by atoms with Gasteiger partial charge < -0.3 is 24.4 Å². The first kappa shape index (κ1) is 19.4. The molecule has 1 saturated heterocycles. The molecule has 1 fully saturated rings. The summed E-state index contributed by atoms with van der Waals surface area (Å²) in [7, 11) is 1.65. The predicted octanol–water partition coefficient (Wildman–Crippen LogP) is 3.46. The average Bonchev–Trinajstić information content (AvgIpc) is 2.55. The lowest BCUT2D eigenvalue weighted by Gasteiger charge is -2.44. The summed E-state index contributed by atoms with van der Waals surface area (Å²) >= 11 is 0. The van der Waals surface area contributed by atoms with Crippen LogP contribution in [-0.4, -0.2) is 61.1 Å². The number of nitrogens with zero attached hydrogens (tertiary/aromatic N) is 2. The number of amides is 1. The zero-order valence-electron chi connectivity index (χ0n) is 15.7. The zero-order chi connectivity index (χ0) is 18.4. The van der Waals surface area contributed by atoms with Crippen molar-refractivity contribution in [2.45, 2.75) is 45.2 Å². The minimum absolute atomic E-state index is 0.0744. The van der Waals surface area contributed by atoms with Gasteiger partial charge in [0.25, 0.3) is 0 Å². The third kappa shape index (κ3) is 5.26. The molecule has 1 aliphatic rings. The number of benzene rings is 1. The molecule has 0 radical (unpaired) electrons. The maximum Gasteiger partial charge on any atom is 0.407 e. The van der Waals surface area contributed by atoms with Gasteiger partial charge in [0.15, 0.2) is 0 Å². The second kappa shape index (κ2) is 8.43. The van der Waals surface area contributed by atoms with Crippen molar-refractivity contribution in [1.82, 2.24) is 4.90 Å². The summed E-state index contributed by atoms with van der Waals surface area (Å²) in [4.78, 5) is 15.5. The highest BCUT2D eigenvalue weighted by molar-refractivity contribution is 5.66. The minimum Gasteiger partial charge on any atom is -0.491 e. The highest BCUT2D eigenvalue weighted by Crippen LogP contribution is 2.28. The van der Waals surface area contributed by atoms with Crippen LogP contribution in [0.4, 0.5) is 10.5 Å². The van der Waals surface area contributed by atoms with Gasteiger partial charge in [0.05, 0.1) is 6.61 Å². The quantitative estimate of drug-likeness (QED) is 0.796. The van der Waals surface area contributed by atoms with Crippen LogP contribution in [0, 0.1) is 0 Å². The molecule has 25 heavy (non-hydrogen) atoms. The van der Waals surface area contributed by atoms with Crippen LogP contribution in [0.1, 0.15) is 33.6 Å². The third-order valence-corrected chi connectivity index (χ3v) is 4.52. The summed E-state index contributed by atoms with van der Waals surface area (Å²) in [5.74, 6) is 0.834. The highest BCUT2D eigenvalue weighted by atomic mass is 16.5. The number of hydrogen-bond acceptors (Lipinski definition) is 4. The van der Waals surface area contributed by atoms with Crippen LogP contribution in [0.15, 0.2) is 24.3 Å². The number of piperidine rings is 1. The Morgan fingerprint density at radius 2 is 1.80 bits per heavy atom. The average molecular weight is 350 g/mol. The molecule has 6 heteroatoms. The lowest BCUT2D eigenvalue weighted by Crippen LogP contribution is -2.54. The van der Waals surface area contributed by atoms with E-state index in [2.05, 4.69) is 17.0 Å². The van der Waals surface area contributed by atoms with E-state index in [4.69, 9.17) is 9.47 Å². The van der Waals surface area contributed by atoms with Crippen molar-refractivity contribution in [2.24, 2.45) is 0 Å². The molecule has 0 unspecified atom stereocenters. The van der Waals surface area contributed by atoms with Gasteiger partial charge in [-0.1, -0.05) is 0 Å². The van der Waals surface area contributed by atoms with Crippen molar-refractivity contribution in [3.05, 3.63) is 24.3 Å². The van der Waals surface area contributed by atoms with Crippen LogP contribution in [0.3, 0.4) is 0 Å². The van der Waals surface area contributed by atoms with E-state index in [-0.39, 0.29) is 11.6 Å². The minimum atomic E-state index is -0.830. The molecule has 0 saturated carbocycles. The number of methoxy groups -OCH3 is 1. The number of rotatable bonds is 6. The van der Waals surface area contributed by atoms with Gasteiger partial charge in [0.1, 0.15) is 12.4 Å². The van der Waals surface area contributed by atoms with Crippen molar-refractivity contribution in [2.75, 3.05) is 38.3 Å². The van der Waals surface area contributed by atoms with Crippen LogP contribution < -0.4 is 9.64 Å². The molecule has 0 atom stereocenters.